The van der Waals surface area contributed by atoms with Gasteiger partial charge in [0.25, 0.3) is 0 Å². The molecule has 106 valence electrons. The molecule has 0 aromatic carbocycles. The number of halogens is 1. The van der Waals surface area contributed by atoms with Gasteiger partial charge in [-0.2, -0.15) is 5.26 Å². The van der Waals surface area contributed by atoms with E-state index in [4.69, 9.17) is 9.68 Å². The Morgan fingerprint density at radius 1 is 1.45 bits per heavy atom. The average molecular weight is 337 g/mol. The number of unbranched alkanes of at least 4 members (excludes halogenated alkanes) is 1. The fraction of sp³-hybridized carbons (Fsp3) is 0.429. The normalized spacial score (nSPS) is 10.9. The molecule has 0 saturated heterocycles. The predicted molar refractivity (Wildman–Crippen MR) is 82.7 cm³/mol. The van der Waals surface area contributed by atoms with Crippen LogP contribution < -0.4 is 5.32 Å². The number of pyridine rings is 1. The van der Waals surface area contributed by atoms with E-state index in [1.807, 2.05) is 6.07 Å². The van der Waals surface area contributed by atoms with Crippen molar-refractivity contribution >= 4 is 32.7 Å². The Morgan fingerprint density at radius 2 is 2.25 bits per heavy atom. The van der Waals surface area contributed by atoms with Gasteiger partial charge in [-0.1, -0.05) is 0 Å². The van der Waals surface area contributed by atoms with E-state index < -0.39 is 0 Å². The molecule has 0 saturated carbocycles. The van der Waals surface area contributed by atoms with Crippen molar-refractivity contribution in [2.45, 2.75) is 12.8 Å². The van der Waals surface area contributed by atoms with Crippen LogP contribution in [0.3, 0.4) is 0 Å². The second-order valence-electron chi connectivity index (χ2n) is 4.86. The molecule has 0 amide bonds. The van der Waals surface area contributed by atoms with Crippen LogP contribution in [0.25, 0.3) is 11.0 Å². The van der Waals surface area contributed by atoms with Gasteiger partial charge in [-0.3, -0.25) is 0 Å². The number of rotatable bonds is 6. The van der Waals surface area contributed by atoms with E-state index in [9.17, 15) is 0 Å². The summed E-state index contributed by atoms with van der Waals surface area (Å²) >= 11 is 3.51. The summed E-state index contributed by atoms with van der Waals surface area (Å²) in [5.41, 5.74) is 0.617. The summed E-state index contributed by atoms with van der Waals surface area (Å²) in [6.45, 7) is 1.95. The maximum atomic E-state index is 8.85. The fourth-order valence-corrected chi connectivity index (χ4v) is 2.47. The van der Waals surface area contributed by atoms with Crippen molar-refractivity contribution < 1.29 is 4.42 Å². The summed E-state index contributed by atoms with van der Waals surface area (Å²) in [4.78, 5) is 6.49. The average Bonchev–Trinajstić information content (AvgIpc) is 2.84. The van der Waals surface area contributed by atoms with Gasteiger partial charge in [0.05, 0.1) is 10.7 Å². The van der Waals surface area contributed by atoms with E-state index in [2.05, 4.69) is 45.2 Å². The summed E-state index contributed by atoms with van der Waals surface area (Å²) in [6.07, 6.45) is 3.87. The Balaban J connectivity index is 2.00. The zero-order chi connectivity index (χ0) is 14.5. The highest BCUT2D eigenvalue weighted by Crippen LogP contribution is 2.31. The maximum Gasteiger partial charge on any atom is 0.204 e. The minimum absolute atomic E-state index is 0.297. The zero-order valence-electron chi connectivity index (χ0n) is 11.6. The molecule has 6 heteroatoms. The van der Waals surface area contributed by atoms with E-state index in [0.717, 1.165) is 41.6 Å². The summed E-state index contributed by atoms with van der Waals surface area (Å²) in [7, 11) is 4.15. The third-order valence-electron chi connectivity index (χ3n) is 2.95. The number of nitriles is 1. The minimum atomic E-state index is 0.297. The van der Waals surface area contributed by atoms with Crippen LogP contribution in [0.4, 0.5) is 5.82 Å². The van der Waals surface area contributed by atoms with Crippen molar-refractivity contribution in [1.82, 2.24) is 9.88 Å². The SMILES string of the molecule is CN(C)CCCCNc1ncc2oc(C#N)cc2c1Br. The van der Waals surface area contributed by atoms with Crippen LogP contribution in [-0.4, -0.2) is 37.1 Å². The summed E-state index contributed by atoms with van der Waals surface area (Å²) in [5, 5.41) is 13.0. The highest BCUT2D eigenvalue weighted by molar-refractivity contribution is 9.10. The summed E-state index contributed by atoms with van der Waals surface area (Å²) < 4.78 is 6.18. The van der Waals surface area contributed by atoms with Crippen LogP contribution in [0.15, 0.2) is 21.2 Å². The maximum absolute atomic E-state index is 8.85. The Morgan fingerprint density at radius 3 is 2.95 bits per heavy atom. The lowest BCUT2D eigenvalue weighted by Gasteiger charge is -2.10. The van der Waals surface area contributed by atoms with Gasteiger partial charge in [0.1, 0.15) is 11.9 Å². The number of nitrogens with zero attached hydrogens (tertiary/aromatic N) is 3. The van der Waals surface area contributed by atoms with Crippen molar-refractivity contribution in [3.63, 3.8) is 0 Å². The molecule has 2 aromatic rings. The molecule has 0 unspecified atom stereocenters. The lowest BCUT2D eigenvalue weighted by atomic mass is 10.3. The first-order chi connectivity index (χ1) is 9.61. The van der Waals surface area contributed by atoms with Crippen LogP contribution >= 0.6 is 15.9 Å². The third kappa shape index (κ3) is 3.50. The molecule has 2 rings (SSSR count). The van der Waals surface area contributed by atoms with Crippen molar-refractivity contribution in [3.05, 3.63) is 22.5 Å². The molecule has 2 heterocycles. The zero-order valence-corrected chi connectivity index (χ0v) is 13.2. The highest BCUT2D eigenvalue weighted by Gasteiger charge is 2.11. The smallest absolute Gasteiger partial charge is 0.204 e. The van der Waals surface area contributed by atoms with Gasteiger partial charge < -0.3 is 14.6 Å². The topological polar surface area (TPSA) is 65.1 Å². The van der Waals surface area contributed by atoms with E-state index >= 15 is 0 Å². The quantitative estimate of drug-likeness (QED) is 0.820. The second-order valence-corrected chi connectivity index (χ2v) is 5.65. The van der Waals surface area contributed by atoms with E-state index in [1.54, 1.807) is 12.3 Å². The molecule has 0 radical (unpaired) electrons. The Kier molecular flexibility index (Phi) is 4.99. The first-order valence-corrected chi connectivity index (χ1v) is 7.28. The van der Waals surface area contributed by atoms with Crippen molar-refractivity contribution in [2.24, 2.45) is 0 Å². The lowest BCUT2D eigenvalue weighted by Crippen LogP contribution is -2.14. The summed E-state index contributed by atoms with van der Waals surface area (Å²) in [5.74, 6) is 1.08. The molecule has 1 N–H and O–H groups in total. The number of aromatic nitrogens is 1. The van der Waals surface area contributed by atoms with E-state index in [-0.39, 0.29) is 0 Å². The summed E-state index contributed by atoms with van der Waals surface area (Å²) in [6, 6.07) is 3.71. The van der Waals surface area contributed by atoms with E-state index in [1.165, 1.54) is 0 Å². The molecule has 0 aliphatic heterocycles. The first-order valence-electron chi connectivity index (χ1n) is 6.48. The molecule has 0 atom stereocenters. The number of anilines is 1. The third-order valence-corrected chi connectivity index (χ3v) is 3.75. The largest absolute Gasteiger partial charge is 0.444 e. The first kappa shape index (κ1) is 14.8. The molecule has 0 fully saturated rings. The molecular weight excluding hydrogens is 320 g/mol. The number of nitrogens with one attached hydrogen (secondary N) is 1. The molecule has 0 aliphatic rings. The van der Waals surface area contributed by atoms with E-state index in [0.29, 0.717) is 11.3 Å². The van der Waals surface area contributed by atoms with Gasteiger partial charge >= 0.3 is 0 Å². The second kappa shape index (κ2) is 6.73. The molecule has 0 aliphatic carbocycles. The fourth-order valence-electron chi connectivity index (χ4n) is 1.92. The lowest BCUT2D eigenvalue weighted by molar-refractivity contribution is 0.396. The van der Waals surface area contributed by atoms with Crippen molar-refractivity contribution in [2.75, 3.05) is 32.5 Å². The van der Waals surface area contributed by atoms with Gasteiger partial charge in [-0.25, -0.2) is 4.98 Å². The number of furan rings is 1. The number of fused-ring (bicyclic) bond motifs is 1. The van der Waals surface area contributed by atoms with Crippen LogP contribution in [0, 0.1) is 11.3 Å². The van der Waals surface area contributed by atoms with Crippen LogP contribution in [-0.2, 0) is 0 Å². The van der Waals surface area contributed by atoms with Crippen LogP contribution in [0.5, 0.6) is 0 Å². The number of hydrogen-bond donors (Lipinski definition) is 1. The molecule has 0 bridgehead atoms. The molecular formula is C14H17BrN4O. The predicted octanol–water partition coefficient (Wildman–Crippen LogP) is 3.22. The molecule has 0 spiro atoms. The molecule has 5 nitrogen and oxygen atoms in total. The highest BCUT2D eigenvalue weighted by atomic mass is 79.9. The monoisotopic (exact) mass is 336 g/mol. The van der Waals surface area contributed by atoms with Crippen LogP contribution in [0.1, 0.15) is 18.6 Å². The standard InChI is InChI=1S/C14H17BrN4O/c1-19(2)6-4-3-5-17-14-13(15)11-7-10(8-16)20-12(11)9-18-14/h7,9H,3-6H2,1-2H3,(H,17,18). The van der Waals surface area contributed by atoms with Gasteiger partial charge in [0, 0.05) is 18.0 Å². The molecule has 20 heavy (non-hydrogen) atoms. The van der Waals surface area contributed by atoms with Gasteiger partial charge in [-0.15, -0.1) is 0 Å². The van der Waals surface area contributed by atoms with Crippen molar-refractivity contribution in [1.29, 1.82) is 5.26 Å². The van der Waals surface area contributed by atoms with Gasteiger partial charge in [0.15, 0.2) is 5.58 Å². The van der Waals surface area contributed by atoms with Gasteiger partial charge in [-0.05, 0) is 49.4 Å². The Hall–Kier alpha value is -1.58. The van der Waals surface area contributed by atoms with Gasteiger partial charge in [0.2, 0.25) is 5.76 Å². The van der Waals surface area contributed by atoms with Crippen LogP contribution in [0.2, 0.25) is 0 Å². The minimum Gasteiger partial charge on any atom is -0.444 e. The Labute approximate surface area is 126 Å². The molecule has 2 aromatic heterocycles. The van der Waals surface area contributed by atoms with Crippen molar-refractivity contribution in [3.8, 4) is 6.07 Å². The number of hydrogen-bond acceptors (Lipinski definition) is 5. The Bertz CT molecular complexity index is 630.